The molecule has 0 saturated carbocycles. The van der Waals surface area contributed by atoms with E-state index in [2.05, 4.69) is 10.3 Å². The second-order valence-electron chi connectivity index (χ2n) is 6.16. The Morgan fingerprint density at radius 3 is 2.77 bits per heavy atom. The standard InChI is InChI=1S/C18H21ClN4O2S/c19-12-4-5-13(18(25)23-8-2-1-3-9-23)14(10-12)22-17(24)15-11-26-16(21-15)6-7-20/h4-5,10-11H,1-3,6-9,20H2,(H,22,24). The van der Waals surface area contributed by atoms with Crippen LogP contribution in [-0.2, 0) is 6.42 Å². The number of rotatable bonds is 5. The number of amides is 2. The van der Waals surface area contributed by atoms with Gasteiger partial charge < -0.3 is 16.0 Å². The molecule has 1 aromatic carbocycles. The van der Waals surface area contributed by atoms with E-state index in [1.165, 1.54) is 11.3 Å². The summed E-state index contributed by atoms with van der Waals surface area (Å²) in [4.78, 5) is 31.5. The first-order chi connectivity index (χ1) is 12.6. The molecule has 8 heteroatoms. The molecule has 3 N–H and O–H groups in total. The lowest BCUT2D eigenvalue weighted by molar-refractivity contribution is 0.0725. The maximum Gasteiger partial charge on any atom is 0.275 e. The van der Waals surface area contributed by atoms with E-state index in [0.29, 0.717) is 34.9 Å². The molecule has 0 atom stereocenters. The van der Waals surface area contributed by atoms with Gasteiger partial charge in [-0.1, -0.05) is 11.6 Å². The molecule has 26 heavy (non-hydrogen) atoms. The minimum Gasteiger partial charge on any atom is -0.339 e. The number of likely N-dealkylation sites (tertiary alicyclic amines) is 1. The largest absolute Gasteiger partial charge is 0.339 e. The molecule has 0 spiro atoms. The van der Waals surface area contributed by atoms with E-state index >= 15 is 0 Å². The van der Waals surface area contributed by atoms with Crippen LogP contribution in [0.15, 0.2) is 23.6 Å². The molecule has 2 aromatic rings. The number of thiazole rings is 1. The number of hydrogen-bond acceptors (Lipinski definition) is 5. The Morgan fingerprint density at radius 2 is 2.04 bits per heavy atom. The maximum atomic E-state index is 12.8. The van der Waals surface area contributed by atoms with Gasteiger partial charge in [0.15, 0.2) is 0 Å². The SMILES string of the molecule is NCCc1nc(C(=O)Nc2cc(Cl)ccc2C(=O)N2CCCCC2)cs1. The predicted molar refractivity (Wildman–Crippen MR) is 104 cm³/mol. The molecular weight excluding hydrogens is 372 g/mol. The van der Waals surface area contributed by atoms with E-state index in [0.717, 1.165) is 37.4 Å². The number of nitrogens with one attached hydrogen (secondary N) is 1. The zero-order valence-electron chi connectivity index (χ0n) is 14.3. The van der Waals surface area contributed by atoms with Gasteiger partial charge in [0.1, 0.15) is 5.69 Å². The van der Waals surface area contributed by atoms with Crippen molar-refractivity contribution in [3.05, 3.63) is 44.9 Å². The molecule has 138 valence electrons. The molecule has 1 aromatic heterocycles. The Balaban J connectivity index is 1.80. The van der Waals surface area contributed by atoms with Gasteiger partial charge in [-0.3, -0.25) is 9.59 Å². The van der Waals surface area contributed by atoms with Crippen LogP contribution < -0.4 is 11.1 Å². The van der Waals surface area contributed by atoms with Crippen LogP contribution in [0, 0.1) is 0 Å². The number of carbonyl (C=O) groups is 2. The second kappa shape index (κ2) is 8.62. The number of benzene rings is 1. The van der Waals surface area contributed by atoms with Crippen LogP contribution in [0.3, 0.4) is 0 Å². The Morgan fingerprint density at radius 1 is 1.27 bits per heavy atom. The monoisotopic (exact) mass is 392 g/mol. The summed E-state index contributed by atoms with van der Waals surface area (Å²) in [5.74, 6) is -0.446. The van der Waals surface area contributed by atoms with Crippen molar-refractivity contribution in [2.75, 3.05) is 25.0 Å². The third-order valence-electron chi connectivity index (χ3n) is 4.25. The third-order valence-corrected chi connectivity index (χ3v) is 5.39. The molecule has 0 bridgehead atoms. The Labute approximate surface area is 161 Å². The zero-order chi connectivity index (χ0) is 18.5. The number of carbonyl (C=O) groups excluding carboxylic acids is 2. The zero-order valence-corrected chi connectivity index (χ0v) is 15.9. The molecule has 0 aliphatic carbocycles. The Hall–Kier alpha value is -1.96. The maximum absolute atomic E-state index is 12.8. The number of piperidine rings is 1. The lowest BCUT2D eigenvalue weighted by Gasteiger charge is -2.27. The van der Waals surface area contributed by atoms with Crippen molar-refractivity contribution < 1.29 is 9.59 Å². The van der Waals surface area contributed by atoms with Gasteiger partial charge in [-0.05, 0) is 44.0 Å². The predicted octanol–water partition coefficient (Wildman–Crippen LogP) is 3.18. The summed E-state index contributed by atoms with van der Waals surface area (Å²) in [5, 5.41) is 5.75. The summed E-state index contributed by atoms with van der Waals surface area (Å²) >= 11 is 7.47. The first-order valence-corrected chi connectivity index (χ1v) is 9.89. The van der Waals surface area contributed by atoms with Gasteiger partial charge >= 0.3 is 0 Å². The average molecular weight is 393 g/mol. The van der Waals surface area contributed by atoms with Gasteiger partial charge in [0, 0.05) is 29.9 Å². The van der Waals surface area contributed by atoms with Gasteiger partial charge in [-0.2, -0.15) is 0 Å². The van der Waals surface area contributed by atoms with Crippen LogP contribution >= 0.6 is 22.9 Å². The summed E-state index contributed by atoms with van der Waals surface area (Å²) in [5.41, 5.74) is 6.69. The molecule has 6 nitrogen and oxygen atoms in total. The highest BCUT2D eigenvalue weighted by Crippen LogP contribution is 2.25. The number of halogens is 1. The molecule has 1 aliphatic heterocycles. The van der Waals surface area contributed by atoms with Crippen LogP contribution in [0.25, 0.3) is 0 Å². The van der Waals surface area contributed by atoms with Crippen molar-refractivity contribution in [3.8, 4) is 0 Å². The molecule has 3 rings (SSSR count). The van der Waals surface area contributed by atoms with Crippen molar-refractivity contribution in [1.82, 2.24) is 9.88 Å². The summed E-state index contributed by atoms with van der Waals surface area (Å²) in [6.07, 6.45) is 3.78. The van der Waals surface area contributed by atoms with E-state index in [-0.39, 0.29) is 11.8 Å². The van der Waals surface area contributed by atoms with Gasteiger partial charge in [0.2, 0.25) is 0 Å². The topological polar surface area (TPSA) is 88.3 Å². The Kier molecular flexibility index (Phi) is 6.24. The first kappa shape index (κ1) is 18.8. The highest BCUT2D eigenvalue weighted by atomic mass is 35.5. The van der Waals surface area contributed by atoms with E-state index < -0.39 is 0 Å². The number of hydrogen-bond donors (Lipinski definition) is 2. The van der Waals surface area contributed by atoms with Crippen molar-refractivity contribution in [2.24, 2.45) is 5.73 Å². The lowest BCUT2D eigenvalue weighted by atomic mass is 10.1. The van der Waals surface area contributed by atoms with Gasteiger partial charge in [0.25, 0.3) is 11.8 Å². The van der Waals surface area contributed by atoms with Crippen molar-refractivity contribution in [2.45, 2.75) is 25.7 Å². The van der Waals surface area contributed by atoms with E-state index in [9.17, 15) is 9.59 Å². The van der Waals surface area contributed by atoms with Crippen LogP contribution in [0.1, 0.15) is 45.1 Å². The highest BCUT2D eigenvalue weighted by molar-refractivity contribution is 7.09. The van der Waals surface area contributed by atoms with E-state index in [1.54, 1.807) is 23.6 Å². The van der Waals surface area contributed by atoms with Crippen molar-refractivity contribution >= 4 is 40.4 Å². The fourth-order valence-electron chi connectivity index (χ4n) is 2.91. The number of anilines is 1. The first-order valence-electron chi connectivity index (χ1n) is 8.63. The molecule has 1 saturated heterocycles. The minimum absolute atomic E-state index is 0.0845. The summed E-state index contributed by atoms with van der Waals surface area (Å²) in [7, 11) is 0. The molecular formula is C18H21ClN4O2S. The molecule has 2 amide bonds. The van der Waals surface area contributed by atoms with Crippen LogP contribution in [-0.4, -0.2) is 41.3 Å². The molecule has 1 fully saturated rings. The molecule has 0 radical (unpaired) electrons. The summed E-state index contributed by atoms with van der Waals surface area (Å²) < 4.78 is 0. The summed E-state index contributed by atoms with van der Waals surface area (Å²) in [6, 6.07) is 4.93. The molecule has 1 aliphatic rings. The van der Waals surface area contributed by atoms with Crippen molar-refractivity contribution in [1.29, 1.82) is 0 Å². The Bertz CT molecular complexity index is 802. The quantitative estimate of drug-likeness (QED) is 0.817. The fourth-order valence-corrected chi connectivity index (χ4v) is 3.88. The average Bonchev–Trinajstić information content (AvgIpc) is 3.11. The minimum atomic E-state index is -0.362. The molecule has 2 heterocycles. The highest BCUT2D eigenvalue weighted by Gasteiger charge is 2.22. The normalized spacial score (nSPS) is 14.3. The van der Waals surface area contributed by atoms with Gasteiger partial charge in [-0.15, -0.1) is 11.3 Å². The number of nitrogens with two attached hydrogens (primary N) is 1. The van der Waals surface area contributed by atoms with Crippen LogP contribution in [0.5, 0.6) is 0 Å². The van der Waals surface area contributed by atoms with Crippen LogP contribution in [0.4, 0.5) is 5.69 Å². The smallest absolute Gasteiger partial charge is 0.275 e. The fraction of sp³-hybridized carbons (Fsp3) is 0.389. The van der Waals surface area contributed by atoms with Crippen molar-refractivity contribution in [3.63, 3.8) is 0 Å². The lowest BCUT2D eigenvalue weighted by Crippen LogP contribution is -2.36. The van der Waals surface area contributed by atoms with Gasteiger partial charge in [-0.25, -0.2) is 4.98 Å². The number of nitrogens with zero attached hydrogens (tertiary/aromatic N) is 2. The third kappa shape index (κ3) is 4.41. The summed E-state index contributed by atoms with van der Waals surface area (Å²) in [6.45, 7) is 1.96. The second-order valence-corrected chi connectivity index (χ2v) is 7.54. The van der Waals surface area contributed by atoms with Gasteiger partial charge in [0.05, 0.1) is 16.3 Å². The van der Waals surface area contributed by atoms with E-state index in [1.807, 2.05) is 4.90 Å². The number of aromatic nitrogens is 1. The molecule has 0 unspecified atom stereocenters. The van der Waals surface area contributed by atoms with Crippen LogP contribution in [0.2, 0.25) is 5.02 Å². The van der Waals surface area contributed by atoms with E-state index in [4.69, 9.17) is 17.3 Å².